The zero-order chi connectivity index (χ0) is 18.8. The van der Waals surface area contributed by atoms with Crippen LogP contribution in [-0.2, 0) is 11.2 Å². The van der Waals surface area contributed by atoms with Crippen LogP contribution in [-0.4, -0.2) is 32.3 Å². The maximum atomic E-state index is 12.6. The summed E-state index contributed by atoms with van der Waals surface area (Å²) < 4.78 is 0. The summed E-state index contributed by atoms with van der Waals surface area (Å²) in [5.41, 5.74) is 13.9. The maximum absolute atomic E-state index is 12.6. The van der Waals surface area contributed by atoms with E-state index < -0.39 is 0 Å². The molecule has 0 aromatic heterocycles. The summed E-state index contributed by atoms with van der Waals surface area (Å²) in [6, 6.07) is 16.4. The lowest BCUT2D eigenvalue weighted by molar-refractivity contribution is -0.123. The van der Waals surface area contributed by atoms with E-state index in [0.717, 1.165) is 24.1 Å². The molecule has 6 nitrogen and oxygen atoms in total. The van der Waals surface area contributed by atoms with Crippen LogP contribution in [0.4, 0.5) is 5.69 Å². The Hall–Kier alpha value is -2.70. The number of rotatable bonds is 4. The van der Waals surface area contributed by atoms with E-state index in [1.807, 2.05) is 43.3 Å². The Balaban J connectivity index is 1.38. The van der Waals surface area contributed by atoms with Crippen molar-refractivity contribution in [3.8, 4) is 0 Å². The molecule has 0 saturated carbocycles. The van der Waals surface area contributed by atoms with Crippen molar-refractivity contribution in [3.63, 3.8) is 0 Å². The SMILES string of the molecule is CN(C)c1ccc(/C=N/NC(=O)C2NNC3c4ccccc4CCC23)cc1. The van der Waals surface area contributed by atoms with E-state index in [-0.39, 0.29) is 23.9 Å². The molecular weight excluding hydrogens is 338 g/mol. The van der Waals surface area contributed by atoms with Crippen LogP contribution in [0.15, 0.2) is 53.6 Å². The molecule has 0 spiro atoms. The molecule has 1 saturated heterocycles. The van der Waals surface area contributed by atoms with E-state index in [4.69, 9.17) is 0 Å². The van der Waals surface area contributed by atoms with Gasteiger partial charge < -0.3 is 4.90 Å². The highest BCUT2D eigenvalue weighted by atomic mass is 16.2. The summed E-state index contributed by atoms with van der Waals surface area (Å²) in [6.45, 7) is 0. The van der Waals surface area contributed by atoms with Crippen molar-refractivity contribution in [3.05, 3.63) is 65.2 Å². The standard InChI is InChI=1S/C21H25N5O/c1-26(2)16-10-7-14(8-11-16)13-22-25-21(27)20-18-12-9-15-5-3-4-6-17(15)19(18)23-24-20/h3-8,10-11,13,18-20,23-24H,9,12H2,1-2H3,(H,25,27)/b22-13+. The minimum atomic E-state index is -0.281. The molecule has 2 aromatic rings. The number of amides is 1. The highest BCUT2D eigenvalue weighted by molar-refractivity contribution is 5.85. The van der Waals surface area contributed by atoms with Crippen LogP contribution in [0.3, 0.4) is 0 Å². The molecule has 3 atom stereocenters. The van der Waals surface area contributed by atoms with Gasteiger partial charge in [-0.15, -0.1) is 0 Å². The number of carbonyl (C=O) groups excluding carboxylic acids is 1. The van der Waals surface area contributed by atoms with Gasteiger partial charge in [0.15, 0.2) is 0 Å². The van der Waals surface area contributed by atoms with Gasteiger partial charge in [0.05, 0.1) is 12.3 Å². The monoisotopic (exact) mass is 363 g/mol. The summed E-state index contributed by atoms with van der Waals surface area (Å²) in [4.78, 5) is 14.7. The van der Waals surface area contributed by atoms with Crippen LogP contribution in [0.2, 0.25) is 0 Å². The van der Waals surface area contributed by atoms with Crippen molar-refractivity contribution in [1.29, 1.82) is 0 Å². The second-order valence-electron chi connectivity index (χ2n) is 7.37. The van der Waals surface area contributed by atoms with Gasteiger partial charge in [0, 0.05) is 25.7 Å². The Morgan fingerprint density at radius 2 is 1.93 bits per heavy atom. The molecule has 1 aliphatic heterocycles. The summed E-state index contributed by atoms with van der Waals surface area (Å²) in [7, 11) is 4.01. The molecule has 6 heteroatoms. The highest BCUT2D eigenvalue weighted by Gasteiger charge is 2.43. The summed E-state index contributed by atoms with van der Waals surface area (Å²) in [5.74, 6) is 0.130. The number of anilines is 1. The predicted molar refractivity (Wildman–Crippen MR) is 108 cm³/mol. The van der Waals surface area contributed by atoms with E-state index in [1.165, 1.54) is 11.1 Å². The first-order valence-corrected chi connectivity index (χ1v) is 9.32. The molecule has 0 radical (unpaired) electrons. The van der Waals surface area contributed by atoms with Crippen molar-refractivity contribution in [2.24, 2.45) is 11.0 Å². The number of carbonyl (C=O) groups is 1. The van der Waals surface area contributed by atoms with Crippen LogP contribution in [0, 0.1) is 5.92 Å². The van der Waals surface area contributed by atoms with Gasteiger partial charge in [-0.3, -0.25) is 4.79 Å². The number of hydrogen-bond acceptors (Lipinski definition) is 5. The predicted octanol–water partition coefficient (Wildman–Crippen LogP) is 1.98. The van der Waals surface area contributed by atoms with Gasteiger partial charge >= 0.3 is 0 Å². The third-order valence-corrected chi connectivity index (χ3v) is 5.47. The smallest absolute Gasteiger partial charge is 0.258 e. The van der Waals surface area contributed by atoms with Crippen LogP contribution >= 0.6 is 0 Å². The topological polar surface area (TPSA) is 68.8 Å². The van der Waals surface area contributed by atoms with Gasteiger partial charge in [0.25, 0.3) is 5.91 Å². The van der Waals surface area contributed by atoms with Crippen LogP contribution < -0.4 is 21.2 Å². The summed E-state index contributed by atoms with van der Waals surface area (Å²) in [5, 5.41) is 4.14. The molecule has 140 valence electrons. The molecule has 4 rings (SSSR count). The average molecular weight is 363 g/mol. The van der Waals surface area contributed by atoms with Gasteiger partial charge in [0.1, 0.15) is 6.04 Å². The molecule has 27 heavy (non-hydrogen) atoms. The Morgan fingerprint density at radius 1 is 1.15 bits per heavy atom. The molecule has 2 aliphatic rings. The van der Waals surface area contributed by atoms with Gasteiger partial charge in [-0.05, 0) is 41.7 Å². The largest absolute Gasteiger partial charge is 0.378 e. The lowest BCUT2D eigenvalue weighted by atomic mass is 9.77. The van der Waals surface area contributed by atoms with E-state index in [9.17, 15) is 4.79 Å². The van der Waals surface area contributed by atoms with Gasteiger partial charge in [0.2, 0.25) is 0 Å². The second-order valence-corrected chi connectivity index (χ2v) is 7.37. The fourth-order valence-electron chi connectivity index (χ4n) is 3.97. The lowest BCUT2D eigenvalue weighted by Gasteiger charge is -2.29. The Kier molecular flexibility index (Phi) is 4.92. The Labute approximate surface area is 159 Å². The second kappa shape index (κ2) is 7.50. The van der Waals surface area contributed by atoms with Crippen molar-refractivity contribution >= 4 is 17.8 Å². The van der Waals surface area contributed by atoms with E-state index in [1.54, 1.807) is 6.21 Å². The molecule has 1 amide bonds. The first-order valence-electron chi connectivity index (χ1n) is 9.32. The van der Waals surface area contributed by atoms with Crippen molar-refractivity contribution in [1.82, 2.24) is 16.3 Å². The maximum Gasteiger partial charge on any atom is 0.258 e. The van der Waals surface area contributed by atoms with Gasteiger partial charge in [-0.25, -0.2) is 16.3 Å². The highest BCUT2D eigenvalue weighted by Crippen LogP contribution is 2.38. The number of fused-ring (bicyclic) bond motifs is 3. The number of hydrogen-bond donors (Lipinski definition) is 3. The first kappa shape index (κ1) is 17.7. The fraction of sp³-hybridized carbons (Fsp3) is 0.333. The van der Waals surface area contributed by atoms with Gasteiger partial charge in [-0.1, -0.05) is 36.4 Å². The number of hydrazone groups is 1. The van der Waals surface area contributed by atoms with Crippen molar-refractivity contribution < 1.29 is 4.79 Å². The number of aryl methyl sites for hydroxylation is 1. The molecule has 1 fully saturated rings. The third-order valence-electron chi connectivity index (χ3n) is 5.47. The Morgan fingerprint density at radius 3 is 2.70 bits per heavy atom. The normalized spacial score (nSPS) is 23.7. The minimum absolute atomic E-state index is 0.101. The van der Waals surface area contributed by atoms with Crippen molar-refractivity contribution in [2.75, 3.05) is 19.0 Å². The van der Waals surface area contributed by atoms with Crippen LogP contribution in [0.25, 0.3) is 0 Å². The fourth-order valence-corrected chi connectivity index (χ4v) is 3.97. The summed E-state index contributed by atoms with van der Waals surface area (Å²) in [6.07, 6.45) is 3.66. The van der Waals surface area contributed by atoms with Crippen LogP contribution in [0.1, 0.15) is 29.2 Å². The van der Waals surface area contributed by atoms with E-state index >= 15 is 0 Å². The number of nitrogens with one attached hydrogen (secondary N) is 3. The quantitative estimate of drug-likeness (QED) is 0.574. The zero-order valence-electron chi connectivity index (χ0n) is 15.6. The Bertz CT molecular complexity index is 846. The molecule has 2 aromatic carbocycles. The lowest BCUT2D eigenvalue weighted by Crippen LogP contribution is -2.44. The average Bonchev–Trinajstić information content (AvgIpc) is 3.13. The number of benzene rings is 2. The third kappa shape index (κ3) is 3.59. The van der Waals surface area contributed by atoms with Crippen LogP contribution in [0.5, 0.6) is 0 Å². The molecule has 0 bridgehead atoms. The van der Waals surface area contributed by atoms with E-state index in [2.05, 4.69) is 45.6 Å². The molecule has 1 heterocycles. The summed E-state index contributed by atoms with van der Waals surface area (Å²) >= 11 is 0. The molecule has 3 unspecified atom stereocenters. The molecular formula is C21H25N5O. The van der Waals surface area contributed by atoms with Gasteiger partial charge in [-0.2, -0.15) is 5.10 Å². The molecule has 3 N–H and O–H groups in total. The zero-order valence-corrected chi connectivity index (χ0v) is 15.6. The molecule has 1 aliphatic carbocycles. The number of hydrazine groups is 1. The first-order chi connectivity index (χ1) is 13.1. The van der Waals surface area contributed by atoms with Crippen molar-refractivity contribution in [2.45, 2.75) is 24.9 Å². The number of nitrogens with zero attached hydrogens (tertiary/aromatic N) is 2. The minimum Gasteiger partial charge on any atom is -0.378 e. The van der Waals surface area contributed by atoms with E-state index in [0.29, 0.717) is 0 Å².